The van der Waals surface area contributed by atoms with Gasteiger partial charge in [-0.15, -0.1) is 0 Å². The van der Waals surface area contributed by atoms with Gasteiger partial charge < -0.3 is 20.3 Å². The number of aliphatic imine (C=N–C) groups is 1. The van der Waals surface area contributed by atoms with E-state index < -0.39 is 0 Å². The van der Waals surface area contributed by atoms with Crippen LogP contribution in [0.15, 0.2) is 53.5 Å². The number of amides is 1. The molecule has 6 nitrogen and oxygen atoms in total. The minimum Gasteiger partial charge on any atom is -0.489 e. The summed E-state index contributed by atoms with van der Waals surface area (Å²) in [5, 5.41) is 6.50. The summed E-state index contributed by atoms with van der Waals surface area (Å²) < 4.78 is 18.8. The van der Waals surface area contributed by atoms with E-state index in [1.165, 1.54) is 18.6 Å². The first-order chi connectivity index (χ1) is 15.5. The van der Waals surface area contributed by atoms with Crippen molar-refractivity contribution in [3.8, 4) is 5.75 Å². The molecule has 172 valence electrons. The Kier molecular flexibility index (Phi) is 8.90. The summed E-state index contributed by atoms with van der Waals surface area (Å²) in [4.78, 5) is 19.2. The SMILES string of the molecule is CCNC(=NCc1ccc(C(=O)N2CCCCC2)cc1)NCC(C)Oc1ccc(F)cc1. The van der Waals surface area contributed by atoms with Crippen LogP contribution in [0.4, 0.5) is 4.39 Å². The van der Waals surface area contributed by atoms with E-state index in [9.17, 15) is 9.18 Å². The van der Waals surface area contributed by atoms with Gasteiger partial charge in [-0.1, -0.05) is 12.1 Å². The maximum atomic E-state index is 13.0. The number of piperidine rings is 1. The second-order valence-electron chi connectivity index (χ2n) is 8.01. The molecule has 0 aromatic heterocycles. The summed E-state index contributed by atoms with van der Waals surface area (Å²) in [6.07, 6.45) is 3.27. The lowest BCUT2D eigenvalue weighted by Crippen LogP contribution is -2.41. The van der Waals surface area contributed by atoms with Gasteiger partial charge in [0.15, 0.2) is 5.96 Å². The Hall–Kier alpha value is -3.09. The van der Waals surface area contributed by atoms with Crippen LogP contribution in [0.2, 0.25) is 0 Å². The van der Waals surface area contributed by atoms with Crippen LogP contribution < -0.4 is 15.4 Å². The van der Waals surface area contributed by atoms with Gasteiger partial charge in [0.2, 0.25) is 0 Å². The minimum absolute atomic E-state index is 0.116. The number of benzene rings is 2. The van der Waals surface area contributed by atoms with E-state index in [4.69, 9.17) is 4.74 Å². The summed E-state index contributed by atoms with van der Waals surface area (Å²) in [6.45, 7) is 7.45. The molecule has 1 fully saturated rings. The van der Waals surface area contributed by atoms with Crippen molar-refractivity contribution in [2.75, 3.05) is 26.2 Å². The van der Waals surface area contributed by atoms with Crippen molar-refractivity contribution >= 4 is 11.9 Å². The number of rotatable bonds is 8. The normalized spacial score (nSPS) is 15.2. The predicted molar refractivity (Wildman–Crippen MR) is 126 cm³/mol. The number of halogens is 1. The Labute approximate surface area is 189 Å². The molecular weight excluding hydrogens is 407 g/mol. The number of ether oxygens (including phenoxy) is 1. The van der Waals surface area contributed by atoms with Gasteiger partial charge in [-0.3, -0.25) is 4.79 Å². The molecule has 1 saturated heterocycles. The molecule has 1 amide bonds. The molecule has 32 heavy (non-hydrogen) atoms. The van der Waals surface area contributed by atoms with E-state index in [1.54, 1.807) is 12.1 Å². The van der Waals surface area contributed by atoms with Crippen LogP contribution in [0.25, 0.3) is 0 Å². The summed E-state index contributed by atoms with van der Waals surface area (Å²) >= 11 is 0. The molecular formula is C25H33FN4O2. The lowest BCUT2D eigenvalue weighted by molar-refractivity contribution is 0.0724. The molecule has 0 saturated carbocycles. The average molecular weight is 441 g/mol. The molecule has 0 radical (unpaired) electrons. The van der Waals surface area contributed by atoms with Crippen molar-refractivity contribution in [1.29, 1.82) is 0 Å². The van der Waals surface area contributed by atoms with Crippen LogP contribution >= 0.6 is 0 Å². The number of carbonyl (C=O) groups excluding carboxylic acids is 1. The average Bonchev–Trinajstić information content (AvgIpc) is 2.83. The van der Waals surface area contributed by atoms with Crippen molar-refractivity contribution in [2.45, 2.75) is 45.8 Å². The second-order valence-corrected chi connectivity index (χ2v) is 8.01. The predicted octanol–water partition coefficient (Wildman–Crippen LogP) is 3.97. The Balaban J connectivity index is 1.51. The molecule has 1 aliphatic rings. The van der Waals surface area contributed by atoms with Crippen molar-refractivity contribution in [3.63, 3.8) is 0 Å². The van der Waals surface area contributed by atoms with Gasteiger partial charge in [0.05, 0.1) is 13.1 Å². The topological polar surface area (TPSA) is 66.0 Å². The molecule has 7 heteroatoms. The number of hydrogen-bond acceptors (Lipinski definition) is 3. The fraction of sp³-hybridized carbons (Fsp3) is 0.440. The fourth-order valence-corrected chi connectivity index (χ4v) is 3.57. The van der Waals surface area contributed by atoms with Gasteiger partial charge in [0.25, 0.3) is 5.91 Å². The third-order valence-electron chi connectivity index (χ3n) is 5.32. The lowest BCUT2D eigenvalue weighted by Gasteiger charge is -2.26. The van der Waals surface area contributed by atoms with Crippen molar-refractivity contribution in [2.24, 2.45) is 4.99 Å². The lowest BCUT2D eigenvalue weighted by atomic mass is 10.1. The molecule has 1 atom stereocenters. The largest absolute Gasteiger partial charge is 0.489 e. The van der Waals surface area contributed by atoms with Gasteiger partial charge in [-0.05, 0) is 75.1 Å². The Morgan fingerprint density at radius 1 is 1.06 bits per heavy atom. The zero-order chi connectivity index (χ0) is 22.8. The van der Waals surface area contributed by atoms with E-state index in [2.05, 4.69) is 15.6 Å². The van der Waals surface area contributed by atoms with Gasteiger partial charge >= 0.3 is 0 Å². The van der Waals surface area contributed by atoms with Gasteiger partial charge in [0, 0.05) is 25.2 Å². The van der Waals surface area contributed by atoms with Crippen molar-refractivity contribution in [3.05, 3.63) is 65.5 Å². The Bertz CT molecular complexity index is 878. The van der Waals surface area contributed by atoms with E-state index in [0.29, 0.717) is 24.8 Å². The molecule has 1 unspecified atom stereocenters. The van der Waals surface area contributed by atoms with Crippen molar-refractivity contribution in [1.82, 2.24) is 15.5 Å². The van der Waals surface area contributed by atoms with Crippen LogP contribution in [0.1, 0.15) is 49.0 Å². The van der Waals surface area contributed by atoms with Crippen LogP contribution in [-0.2, 0) is 6.54 Å². The highest BCUT2D eigenvalue weighted by Gasteiger charge is 2.17. The van der Waals surface area contributed by atoms with E-state index in [1.807, 2.05) is 43.0 Å². The first-order valence-corrected chi connectivity index (χ1v) is 11.4. The van der Waals surface area contributed by atoms with Crippen LogP contribution in [0.3, 0.4) is 0 Å². The molecule has 2 N–H and O–H groups in total. The number of nitrogens with one attached hydrogen (secondary N) is 2. The molecule has 2 aromatic carbocycles. The molecule has 1 aliphatic heterocycles. The summed E-state index contributed by atoms with van der Waals surface area (Å²) in [7, 11) is 0. The minimum atomic E-state index is -0.284. The maximum Gasteiger partial charge on any atom is 0.253 e. The van der Waals surface area contributed by atoms with Crippen molar-refractivity contribution < 1.29 is 13.9 Å². The number of nitrogens with zero attached hydrogens (tertiary/aromatic N) is 2. The van der Waals surface area contributed by atoms with Gasteiger partial charge in [-0.2, -0.15) is 0 Å². The first-order valence-electron chi connectivity index (χ1n) is 11.4. The summed E-state index contributed by atoms with van der Waals surface area (Å²) in [5.41, 5.74) is 1.77. The Morgan fingerprint density at radius 3 is 2.41 bits per heavy atom. The third kappa shape index (κ3) is 7.25. The highest BCUT2D eigenvalue weighted by molar-refractivity contribution is 5.94. The fourth-order valence-electron chi connectivity index (χ4n) is 3.57. The molecule has 3 rings (SSSR count). The monoisotopic (exact) mass is 440 g/mol. The second kappa shape index (κ2) is 12.1. The smallest absolute Gasteiger partial charge is 0.253 e. The van der Waals surface area contributed by atoms with E-state index >= 15 is 0 Å². The zero-order valence-electron chi connectivity index (χ0n) is 18.9. The number of carbonyl (C=O) groups is 1. The molecule has 1 heterocycles. The Morgan fingerprint density at radius 2 is 1.75 bits per heavy atom. The van der Waals surface area contributed by atoms with Crippen LogP contribution in [-0.4, -0.2) is 49.0 Å². The number of guanidine groups is 1. The first kappa shape index (κ1) is 23.6. The summed E-state index contributed by atoms with van der Waals surface area (Å²) in [5.74, 6) is 1.15. The highest BCUT2D eigenvalue weighted by atomic mass is 19.1. The highest BCUT2D eigenvalue weighted by Crippen LogP contribution is 2.15. The summed E-state index contributed by atoms with van der Waals surface area (Å²) in [6, 6.07) is 13.7. The molecule has 0 spiro atoms. The maximum absolute atomic E-state index is 13.0. The number of likely N-dealkylation sites (tertiary alicyclic amines) is 1. The molecule has 2 aromatic rings. The zero-order valence-corrected chi connectivity index (χ0v) is 18.9. The third-order valence-corrected chi connectivity index (χ3v) is 5.32. The van der Waals surface area contributed by atoms with Crippen LogP contribution in [0, 0.1) is 5.82 Å². The number of hydrogen-bond donors (Lipinski definition) is 2. The van der Waals surface area contributed by atoms with Crippen LogP contribution in [0.5, 0.6) is 5.75 Å². The van der Waals surface area contributed by atoms with E-state index in [-0.39, 0.29) is 17.8 Å². The molecule has 0 bridgehead atoms. The standard InChI is InChI=1S/C25H33FN4O2/c1-3-27-25(28-17-19(2)32-23-13-11-22(26)12-14-23)29-18-20-7-9-21(10-8-20)24(31)30-15-5-4-6-16-30/h7-14,19H,3-6,15-18H2,1-2H3,(H2,27,28,29). The van der Waals surface area contributed by atoms with E-state index in [0.717, 1.165) is 43.6 Å². The van der Waals surface area contributed by atoms with Gasteiger partial charge in [-0.25, -0.2) is 9.38 Å². The quantitative estimate of drug-likeness (QED) is 0.482. The van der Waals surface area contributed by atoms with Gasteiger partial charge in [0.1, 0.15) is 17.7 Å². The molecule has 0 aliphatic carbocycles.